The molecule has 0 spiro atoms. The first-order valence-electron chi connectivity index (χ1n) is 8.36. The van der Waals surface area contributed by atoms with Crippen LogP contribution in [-0.4, -0.2) is 30.9 Å². The van der Waals surface area contributed by atoms with Gasteiger partial charge < -0.3 is 14.8 Å². The zero-order chi connectivity index (χ0) is 19.2. The number of fused-ring (bicyclic) bond motifs is 1. The van der Waals surface area contributed by atoms with Crippen LogP contribution in [0.2, 0.25) is 0 Å². The lowest BCUT2D eigenvalue weighted by Gasteiger charge is -2.19. The molecule has 0 bridgehead atoms. The highest BCUT2D eigenvalue weighted by molar-refractivity contribution is 9.10. The van der Waals surface area contributed by atoms with Crippen molar-refractivity contribution in [1.29, 1.82) is 0 Å². The van der Waals surface area contributed by atoms with Crippen molar-refractivity contribution in [3.8, 4) is 5.75 Å². The molecule has 1 aliphatic rings. The fourth-order valence-electron chi connectivity index (χ4n) is 2.54. The van der Waals surface area contributed by atoms with Crippen molar-refractivity contribution in [3.63, 3.8) is 0 Å². The summed E-state index contributed by atoms with van der Waals surface area (Å²) in [4.78, 5) is 23.2. The fraction of sp³-hybridized carbons (Fsp3) is 0.211. The van der Waals surface area contributed by atoms with Crippen molar-refractivity contribution in [2.75, 3.05) is 18.5 Å². The fourth-order valence-corrected chi connectivity index (χ4v) is 2.81. The van der Waals surface area contributed by atoms with Crippen LogP contribution < -0.4 is 15.5 Å². The summed E-state index contributed by atoms with van der Waals surface area (Å²) in [5, 5.41) is 7.00. The second-order valence-corrected chi connectivity index (χ2v) is 6.66. The minimum atomic E-state index is -0.625. The van der Waals surface area contributed by atoms with Gasteiger partial charge in [0.25, 0.3) is 5.91 Å². The molecule has 2 aromatic rings. The second-order valence-electron chi connectivity index (χ2n) is 5.74. The largest absolute Gasteiger partial charge is 0.482 e. The van der Waals surface area contributed by atoms with Crippen LogP contribution in [0.1, 0.15) is 18.1 Å². The van der Waals surface area contributed by atoms with E-state index < -0.39 is 6.09 Å². The third-order valence-corrected chi connectivity index (χ3v) is 4.32. The molecule has 0 saturated heterocycles. The molecule has 2 amide bonds. The van der Waals surface area contributed by atoms with Gasteiger partial charge >= 0.3 is 6.09 Å². The highest BCUT2D eigenvalue weighted by Gasteiger charge is 2.17. The molecule has 0 unspecified atom stereocenters. The number of ether oxygens (including phenoxy) is 2. The summed E-state index contributed by atoms with van der Waals surface area (Å²) in [5.41, 5.74) is 5.36. The molecule has 8 heteroatoms. The molecule has 0 atom stereocenters. The number of nitrogens with zero attached hydrogens (tertiary/aromatic N) is 1. The summed E-state index contributed by atoms with van der Waals surface area (Å²) < 4.78 is 11.2. The van der Waals surface area contributed by atoms with Crippen LogP contribution in [0.3, 0.4) is 0 Å². The number of nitrogens with one attached hydrogen (secondary N) is 2. The molecule has 0 saturated carbocycles. The predicted octanol–water partition coefficient (Wildman–Crippen LogP) is 3.47. The molecule has 3 rings (SSSR count). The van der Waals surface area contributed by atoms with Gasteiger partial charge in [-0.25, -0.2) is 10.2 Å². The molecule has 1 aliphatic heterocycles. The second kappa shape index (κ2) is 8.68. The van der Waals surface area contributed by atoms with E-state index in [4.69, 9.17) is 9.47 Å². The number of hydrazone groups is 1. The van der Waals surface area contributed by atoms with Gasteiger partial charge in [0.15, 0.2) is 6.61 Å². The smallest absolute Gasteiger partial charge is 0.427 e. The summed E-state index contributed by atoms with van der Waals surface area (Å²) in [7, 11) is 0. The lowest BCUT2D eigenvalue weighted by atomic mass is 10.0. The molecule has 0 radical (unpaired) electrons. The van der Waals surface area contributed by atoms with Crippen LogP contribution in [-0.2, 0) is 16.0 Å². The number of carbonyl (C=O) groups is 2. The SMILES string of the molecule is CCOC(=O)N/N=C(\Cc1ccc(Br)cc1)c1ccc2c(c1)NC(=O)CO2. The van der Waals surface area contributed by atoms with Gasteiger partial charge in [-0.3, -0.25) is 4.79 Å². The summed E-state index contributed by atoms with van der Waals surface area (Å²) in [6.45, 7) is 1.97. The molecule has 2 N–H and O–H groups in total. The van der Waals surface area contributed by atoms with Gasteiger partial charge in [0.05, 0.1) is 18.0 Å². The molecule has 0 aliphatic carbocycles. The monoisotopic (exact) mass is 431 g/mol. The molecule has 1 heterocycles. The molecular weight excluding hydrogens is 414 g/mol. The van der Waals surface area contributed by atoms with E-state index in [1.54, 1.807) is 19.1 Å². The number of hydrogen-bond acceptors (Lipinski definition) is 5. The Bertz CT molecular complexity index is 881. The zero-order valence-corrected chi connectivity index (χ0v) is 16.2. The van der Waals surface area contributed by atoms with E-state index >= 15 is 0 Å². The molecule has 140 valence electrons. The van der Waals surface area contributed by atoms with Crippen molar-refractivity contribution in [2.45, 2.75) is 13.3 Å². The Hall–Kier alpha value is -2.87. The molecule has 27 heavy (non-hydrogen) atoms. The number of halogens is 1. The van der Waals surface area contributed by atoms with Crippen LogP contribution in [0.4, 0.5) is 10.5 Å². The molecular formula is C19H18BrN3O4. The van der Waals surface area contributed by atoms with Crippen molar-refractivity contribution in [1.82, 2.24) is 5.43 Å². The maximum atomic E-state index is 11.6. The molecule has 2 aromatic carbocycles. The highest BCUT2D eigenvalue weighted by Crippen LogP contribution is 2.29. The van der Waals surface area contributed by atoms with Crippen LogP contribution in [0.15, 0.2) is 52.0 Å². The Labute approximate surface area is 164 Å². The van der Waals surface area contributed by atoms with Crippen LogP contribution >= 0.6 is 15.9 Å². The van der Waals surface area contributed by atoms with E-state index in [0.717, 1.165) is 15.6 Å². The third kappa shape index (κ3) is 5.07. The minimum Gasteiger partial charge on any atom is -0.482 e. The van der Waals surface area contributed by atoms with Gasteiger partial charge in [0, 0.05) is 16.5 Å². The van der Waals surface area contributed by atoms with Gasteiger partial charge in [0.2, 0.25) is 0 Å². The predicted molar refractivity (Wildman–Crippen MR) is 105 cm³/mol. The van der Waals surface area contributed by atoms with E-state index in [1.165, 1.54) is 0 Å². The first-order valence-corrected chi connectivity index (χ1v) is 9.15. The van der Waals surface area contributed by atoms with Crippen LogP contribution in [0.5, 0.6) is 5.75 Å². The Morgan fingerprint density at radius 1 is 1.30 bits per heavy atom. The molecule has 0 fully saturated rings. The van der Waals surface area contributed by atoms with Crippen molar-refractivity contribution in [2.24, 2.45) is 5.10 Å². The Morgan fingerprint density at radius 3 is 2.81 bits per heavy atom. The van der Waals surface area contributed by atoms with E-state index in [-0.39, 0.29) is 19.1 Å². The summed E-state index contributed by atoms with van der Waals surface area (Å²) in [6.07, 6.45) is -0.145. The quantitative estimate of drug-likeness (QED) is 0.560. The van der Waals surface area contributed by atoms with Crippen molar-refractivity contribution in [3.05, 3.63) is 58.1 Å². The van der Waals surface area contributed by atoms with E-state index in [9.17, 15) is 9.59 Å². The van der Waals surface area contributed by atoms with E-state index in [2.05, 4.69) is 31.8 Å². The van der Waals surface area contributed by atoms with Crippen LogP contribution in [0.25, 0.3) is 0 Å². The van der Waals surface area contributed by atoms with Crippen molar-refractivity contribution >= 4 is 39.3 Å². The van der Waals surface area contributed by atoms with E-state index in [1.807, 2.05) is 30.3 Å². The first kappa shape index (κ1) is 18.9. The Balaban J connectivity index is 1.89. The maximum Gasteiger partial charge on any atom is 0.427 e. The van der Waals surface area contributed by atoms with Gasteiger partial charge in [-0.1, -0.05) is 28.1 Å². The highest BCUT2D eigenvalue weighted by atomic mass is 79.9. The number of benzene rings is 2. The minimum absolute atomic E-state index is 0.00337. The summed E-state index contributed by atoms with van der Waals surface area (Å²) in [6, 6.07) is 13.2. The number of hydrogen-bond donors (Lipinski definition) is 2. The lowest BCUT2D eigenvalue weighted by Crippen LogP contribution is -2.26. The Morgan fingerprint density at radius 2 is 2.07 bits per heavy atom. The number of rotatable bonds is 5. The number of carbonyl (C=O) groups excluding carboxylic acids is 2. The van der Waals surface area contributed by atoms with Gasteiger partial charge in [-0.05, 0) is 42.8 Å². The average Bonchev–Trinajstić information content (AvgIpc) is 2.66. The first-order chi connectivity index (χ1) is 13.0. The topological polar surface area (TPSA) is 89.0 Å². The molecule has 0 aromatic heterocycles. The average molecular weight is 432 g/mol. The van der Waals surface area contributed by atoms with Gasteiger partial charge in [0.1, 0.15) is 5.75 Å². The lowest BCUT2D eigenvalue weighted by molar-refractivity contribution is -0.118. The Kier molecular flexibility index (Phi) is 6.08. The normalized spacial score (nSPS) is 13.3. The van der Waals surface area contributed by atoms with Crippen molar-refractivity contribution < 1.29 is 19.1 Å². The third-order valence-electron chi connectivity index (χ3n) is 3.79. The molecule has 7 nitrogen and oxygen atoms in total. The summed E-state index contributed by atoms with van der Waals surface area (Å²) in [5.74, 6) is 0.385. The zero-order valence-electron chi connectivity index (χ0n) is 14.6. The van der Waals surface area contributed by atoms with Gasteiger partial charge in [-0.15, -0.1) is 0 Å². The van der Waals surface area contributed by atoms with Crippen LogP contribution in [0, 0.1) is 0 Å². The van der Waals surface area contributed by atoms with Gasteiger partial charge in [-0.2, -0.15) is 5.10 Å². The van der Waals surface area contributed by atoms with E-state index in [0.29, 0.717) is 23.6 Å². The maximum absolute atomic E-state index is 11.6. The summed E-state index contributed by atoms with van der Waals surface area (Å²) >= 11 is 3.41. The standard InChI is InChI=1S/C19H18BrN3O4/c1-2-26-19(25)23-22-15(9-12-3-6-14(20)7-4-12)13-5-8-17-16(10-13)21-18(24)11-27-17/h3-8,10H,2,9,11H2,1H3,(H,21,24)(H,23,25)/b22-15+. The number of amides is 2. The number of anilines is 1.